The largest absolute Gasteiger partial charge is 0.573 e. The number of carbonyl (C=O) groups excluding carboxylic acids is 1. The van der Waals surface area contributed by atoms with Crippen molar-refractivity contribution >= 4 is 16.1 Å². The molecule has 2 fully saturated rings. The van der Waals surface area contributed by atoms with Crippen LogP contribution in [0.15, 0.2) is 29.2 Å². The van der Waals surface area contributed by atoms with Gasteiger partial charge in [-0.2, -0.15) is 4.31 Å². The molecule has 1 aromatic carbocycles. The van der Waals surface area contributed by atoms with Gasteiger partial charge in [0.2, 0.25) is 10.0 Å². The van der Waals surface area contributed by atoms with Crippen LogP contribution in [0, 0.1) is 0 Å². The Morgan fingerprint density at radius 1 is 1.20 bits per heavy atom. The Bertz CT molecular complexity index is 834. The van der Waals surface area contributed by atoms with Gasteiger partial charge >= 0.3 is 12.4 Å². The number of alkyl halides is 3. The zero-order chi connectivity index (χ0) is 21.9. The average Bonchev–Trinajstić information content (AvgIpc) is 3.22. The highest BCUT2D eigenvalue weighted by molar-refractivity contribution is 7.89. The number of hydrogen-bond acceptors (Lipinski definition) is 5. The van der Waals surface area contributed by atoms with E-state index in [1.54, 1.807) is 0 Å². The summed E-state index contributed by atoms with van der Waals surface area (Å²) in [5.74, 6) is -0.497. The summed E-state index contributed by atoms with van der Waals surface area (Å²) in [6.45, 7) is 3.15. The molecule has 2 saturated heterocycles. The normalized spacial score (nSPS) is 22.0. The molecule has 0 spiro atoms. The van der Waals surface area contributed by atoms with Crippen LogP contribution in [-0.4, -0.2) is 74.9 Å². The van der Waals surface area contributed by atoms with E-state index in [4.69, 9.17) is 4.74 Å². The Kier molecular flexibility index (Phi) is 6.78. The van der Waals surface area contributed by atoms with E-state index in [0.717, 1.165) is 37.1 Å². The van der Waals surface area contributed by atoms with Gasteiger partial charge in [0, 0.05) is 32.8 Å². The van der Waals surface area contributed by atoms with Gasteiger partial charge in [-0.1, -0.05) is 0 Å². The third-order valence-electron chi connectivity index (χ3n) is 5.09. The van der Waals surface area contributed by atoms with Crippen molar-refractivity contribution in [2.75, 3.05) is 32.8 Å². The molecule has 168 valence electrons. The SMILES string of the molecule is C[C@@H](NC(=O)N1CCN(S(=O)(=O)c2ccc(OC(F)(F)F)cc2)CC1)[C@@H]1CCCO1. The predicted octanol–water partition coefficient (Wildman–Crippen LogP) is 2.17. The fourth-order valence-electron chi connectivity index (χ4n) is 3.47. The summed E-state index contributed by atoms with van der Waals surface area (Å²) in [7, 11) is -3.89. The number of amides is 2. The van der Waals surface area contributed by atoms with E-state index in [9.17, 15) is 26.4 Å². The topological polar surface area (TPSA) is 88.2 Å². The van der Waals surface area contributed by atoms with Crippen LogP contribution in [0.5, 0.6) is 5.75 Å². The van der Waals surface area contributed by atoms with Crippen molar-refractivity contribution in [1.29, 1.82) is 0 Å². The Hall–Kier alpha value is -2.05. The second-order valence-corrected chi connectivity index (χ2v) is 9.14. The standard InChI is InChI=1S/C18H24F3N3O5S/c1-13(16-3-2-12-28-16)22-17(25)23-8-10-24(11-9-23)30(26,27)15-6-4-14(5-7-15)29-18(19,20)21/h4-7,13,16H,2-3,8-12H2,1H3,(H,22,25)/t13-,16+/m1/s1. The van der Waals surface area contributed by atoms with Crippen molar-refractivity contribution < 1.29 is 35.9 Å². The molecule has 2 amide bonds. The first kappa shape index (κ1) is 22.6. The summed E-state index contributed by atoms with van der Waals surface area (Å²) < 4.78 is 72.7. The Labute approximate surface area is 173 Å². The average molecular weight is 451 g/mol. The molecule has 12 heteroatoms. The van der Waals surface area contributed by atoms with Crippen molar-refractivity contribution in [3.05, 3.63) is 24.3 Å². The molecule has 0 bridgehead atoms. The molecule has 2 heterocycles. The van der Waals surface area contributed by atoms with E-state index in [-0.39, 0.29) is 49.3 Å². The second-order valence-electron chi connectivity index (χ2n) is 7.20. The zero-order valence-electron chi connectivity index (χ0n) is 16.4. The van der Waals surface area contributed by atoms with Crippen LogP contribution in [0.25, 0.3) is 0 Å². The predicted molar refractivity (Wildman–Crippen MR) is 100 cm³/mol. The summed E-state index contributed by atoms with van der Waals surface area (Å²) in [5, 5.41) is 2.89. The van der Waals surface area contributed by atoms with Crippen LogP contribution in [0.2, 0.25) is 0 Å². The first-order valence-corrected chi connectivity index (χ1v) is 11.0. The highest BCUT2D eigenvalue weighted by Gasteiger charge is 2.33. The number of nitrogens with zero attached hydrogens (tertiary/aromatic N) is 2. The minimum absolute atomic E-state index is 0.0140. The number of ether oxygens (including phenoxy) is 2. The van der Waals surface area contributed by atoms with Crippen LogP contribution in [0.1, 0.15) is 19.8 Å². The molecular weight excluding hydrogens is 427 g/mol. The summed E-state index contributed by atoms with van der Waals surface area (Å²) >= 11 is 0. The summed E-state index contributed by atoms with van der Waals surface area (Å²) in [5.41, 5.74) is 0. The van der Waals surface area contributed by atoms with Crippen LogP contribution in [-0.2, 0) is 14.8 Å². The number of benzene rings is 1. The number of carbonyl (C=O) groups is 1. The van der Waals surface area contributed by atoms with Crippen molar-refractivity contribution in [2.24, 2.45) is 0 Å². The molecule has 1 aromatic rings. The minimum atomic E-state index is -4.85. The van der Waals surface area contributed by atoms with Crippen molar-refractivity contribution in [2.45, 2.75) is 43.2 Å². The maximum Gasteiger partial charge on any atom is 0.573 e. The van der Waals surface area contributed by atoms with Gasteiger partial charge in [-0.3, -0.25) is 0 Å². The summed E-state index contributed by atoms with van der Waals surface area (Å²) in [4.78, 5) is 13.8. The number of hydrogen-bond donors (Lipinski definition) is 1. The van der Waals surface area contributed by atoms with Crippen LogP contribution in [0.3, 0.4) is 0 Å². The van der Waals surface area contributed by atoms with Gasteiger partial charge in [0.05, 0.1) is 17.0 Å². The third-order valence-corrected chi connectivity index (χ3v) is 7.01. The fraction of sp³-hybridized carbons (Fsp3) is 0.611. The maximum absolute atomic E-state index is 12.7. The third kappa shape index (κ3) is 5.55. The lowest BCUT2D eigenvalue weighted by Crippen LogP contribution is -2.55. The van der Waals surface area contributed by atoms with Crippen molar-refractivity contribution in [3.63, 3.8) is 0 Å². The Balaban J connectivity index is 1.55. The van der Waals surface area contributed by atoms with E-state index in [1.165, 1.54) is 9.21 Å². The number of piperazine rings is 1. The first-order chi connectivity index (χ1) is 14.1. The number of rotatable bonds is 5. The molecular formula is C18H24F3N3O5S. The lowest BCUT2D eigenvalue weighted by molar-refractivity contribution is -0.274. The van der Waals surface area contributed by atoms with Gasteiger partial charge in [0.1, 0.15) is 5.75 Å². The van der Waals surface area contributed by atoms with Crippen LogP contribution >= 0.6 is 0 Å². The molecule has 0 radical (unpaired) electrons. The molecule has 8 nitrogen and oxygen atoms in total. The van der Waals surface area contributed by atoms with E-state index < -0.39 is 22.1 Å². The number of nitrogens with one attached hydrogen (secondary N) is 1. The van der Waals surface area contributed by atoms with E-state index in [2.05, 4.69) is 10.1 Å². The van der Waals surface area contributed by atoms with Gasteiger partial charge in [0.25, 0.3) is 0 Å². The van der Waals surface area contributed by atoms with Crippen molar-refractivity contribution in [1.82, 2.24) is 14.5 Å². The Morgan fingerprint density at radius 3 is 2.37 bits per heavy atom. The van der Waals surface area contributed by atoms with Gasteiger partial charge in [0.15, 0.2) is 0 Å². The lowest BCUT2D eigenvalue weighted by Gasteiger charge is -2.35. The van der Waals surface area contributed by atoms with Crippen LogP contribution in [0.4, 0.5) is 18.0 Å². The molecule has 0 unspecified atom stereocenters. The summed E-state index contributed by atoms with van der Waals surface area (Å²) in [6, 6.07) is 3.63. The van der Waals surface area contributed by atoms with Crippen molar-refractivity contribution in [3.8, 4) is 5.75 Å². The molecule has 0 saturated carbocycles. The smallest absolute Gasteiger partial charge is 0.406 e. The molecule has 0 aromatic heterocycles. The lowest BCUT2D eigenvalue weighted by atomic mass is 10.1. The second kappa shape index (κ2) is 8.98. The van der Waals surface area contributed by atoms with E-state index >= 15 is 0 Å². The maximum atomic E-state index is 12.7. The van der Waals surface area contributed by atoms with Gasteiger partial charge in [-0.05, 0) is 44.0 Å². The molecule has 2 aliphatic rings. The van der Waals surface area contributed by atoms with E-state index in [0.29, 0.717) is 6.61 Å². The number of sulfonamides is 1. The van der Waals surface area contributed by atoms with Gasteiger partial charge in [-0.25, -0.2) is 13.2 Å². The molecule has 30 heavy (non-hydrogen) atoms. The molecule has 3 rings (SSSR count). The van der Waals surface area contributed by atoms with E-state index in [1.807, 2.05) is 6.92 Å². The fourth-order valence-corrected chi connectivity index (χ4v) is 4.89. The number of halogens is 3. The minimum Gasteiger partial charge on any atom is -0.406 e. The monoisotopic (exact) mass is 451 g/mol. The Morgan fingerprint density at radius 2 is 1.83 bits per heavy atom. The molecule has 0 aliphatic carbocycles. The zero-order valence-corrected chi connectivity index (χ0v) is 17.2. The highest BCUT2D eigenvalue weighted by Crippen LogP contribution is 2.25. The quantitative estimate of drug-likeness (QED) is 0.742. The first-order valence-electron chi connectivity index (χ1n) is 9.59. The highest BCUT2D eigenvalue weighted by atomic mass is 32.2. The molecule has 1 N–H and O–H groups in total. The van der Waals surface area contributed by atoms with Crippen LogP contribution < -0.4 is 10.1 Å². The summed E-state index contributed by atoms with van der Waals surface area (Å²) in [6.07, 6.45) is -3.01. The molecule has 2 aliphatic heterocycles. The van der Waals surface area contributed by atoms with Gasteiger partial charge in [-0.15, -0.1) is 13.2 Å². The number of urea groups is 1. The van der Waals surface area contributed by atoms with Gasteiger partial charge < -0.3 is 19.7 Å². The molecule has 2 atom stereocenters.